The molecule has 0 radical (unpaired) electrons. The molecule has 2 rings (SSSR count). The minimum absolute atomic E-state index is 0.0152. The maximum absolute atomic E-state index is 12.1. The molecule has 124 valence electrons. The Morgan fingerprint density at radius 1 is 1.36 bits per heavy atom. The monoisotopic (exact) mass is 327 g/mol. The van der Waals surface area contributed by atoms with Gasteiger partial charge in [0.25, 0.3) is 0 Å². The van der Waals surface area contributed by atoms with Gasteiger partial charge in [0, 0.05) is 45.2 Å². The Labute approximate surface area is 132 Å². The van der Waals surface area contributed by atoms with E-state index < -0.39 is 10.0 Å². The summed E-state index contributed by atoms with van der Waals surface area (Å²) < 4.78 is 31.3. The van der Waals surface area contributed by atoms with Crippen molar-refractivity contribution in [1.82, 2.24) is 4.31 Å². The third kappa shape index (κ3) is 4.34. The highest BCUT2D eigenvalue weighted by Gasteiger charge is 2.25. The van der Waals surface area contributed by atoms with Crippen LogP contribution in [0.25, 0.3) is 0 Å². The SMILES string of the molecule is CN(C)c1ccc(N)cc1CN(C[C@@H]1CCCO1)S(C)(=O)=O. The fourth-order valence-corrected chi connectivity index (χ4v) is 3.50. The Kier molecular flexibility index (Phi) is 5.31. The van der Waals surface area contributed by atoms with Crippen LogP contribution in [0.5, 0.6) is 0 Å². The predicted molar refractivity (Wildman–Crippen MR) is 89.4 cm³/mol. The lowest BCUT2D eigenvalue weighted by Gasteiger charge is -2.26. The van der Waals surface area contributed by atoms with Gasteiger partial charge in [0.2, 0.25) is 10.0 Å². The van der Waals surface area contributed by atoms with Gasteiger partial charge in [-0.15, -0.1) is 0 Å². The zero-order chi connectivity index (χ0) is 16.3. The maximum Gasteiger partial charge on any atom is 0.211 e. The van der Waals surface area contributed by atoms with Crippen LogP contribution >= 0.6 is 0 Å². The average Bonchev–Trinajstić information content (AvgIpc) is 2.89. The average molecular weight is 327 g/mol. The molecule has 0 spiro atoms. The normalized spacial score (nSPS) is 18.8. The lowest BCUT2D eigenvalue weighted by Crippen LogP contribution is -2.36. The lowest BCUT2D eigenvalue weighted by molar-refractivity contribution is 0.0928. The van der Waals surface area contributed by atoms with E-state index in [4.69, 9.17) is 10.5 Å². The number of sulfonamides is 1. The molecule has 6 nitrogen and oxygen atoms in total. The maximum atomic E-state index is 12.1. The van der Waals surface area contributed by atoms with E-state index in [0.717, 1.165) is 24.1 Å². The molecule has 2 N–H and O–H groups in total. The summed E-state index contributed by atoms with van der Waals surface area (Å²) in [4.78, 5) is 1.96. The van der Waals surface area contributed by atoms with Gasteiger partial charge < -0.3 is 15.4 Å². The Hall–Kier alpha value is -1.31. The van der Waals surface area contributed by atoms with Gasteiger partial charge in [0.05, 0.1) is 12.4 Å². The first-order valence-electron chi connectivity index (χ1n) is 7.40. The van der Waals surface area contributed by atoms with Crippen molar-refractivity contribution in [2.45, 2.75) is 25.5 Å². The number of ether oxygens (including phenoxy) is 1. The summed E-state index contributed by atoms with van der Waals surface area (Å²) in [7, 11) is 0.549. The van der Waals surface area contributed by atoms with Crippen LogP contribution in [0.1, 0.15) is 18.4 Å². The fraction of sp³-hybridized carbons (Fsp3) is 0.600. The number of hydrogen-bond donors (Lipinski definition) is 1. The third-order valence-electron chi connectivity index (χ3n) is 3.83. The van der Waals surface area contributed by atoms with Crippen LogP contribution in [0.4, 0.5) is 11.4 Å². The van der Waals surface area contributed by atoms with Crippen LogP contribution in [0, 0.1) is 0 Å². The van der Waals surface area contributed by atoms with Gasteiger partial charge in [-0.05, 0) is 36.6 Å². The van der Waals surface area contributed by atoms with Gasteiger partial charge in [-0.3, -0.25) is 0 Å². The highest BCUT2D eigenvalue weighted by atomic mass is 32.2. The summed E-state index contributed by atoms with van der Waals surface area (Å²) >= 11 is 0. The molecule has 22 heavy (non-hydrogen) atoms. The summed E-state index contributed by atoms with van der Waals surface area (Å²) in [5, 5.41) is 0. The molecule has 0 aliphatic carbocycles. The van der Waals surface area contributed by atoms with Crippen LogP contribution in [-0.4, -0.2) is 52.3 Å². The number of nitrogens with zero attached hydrogens (tertiary/aromatic N) is 2. The number of rotatable bonds is 6. The van der Waals surface area contributed by atoms with Crippen LogP contribution in [0.3, 0.4) is 0 Å². The van der Waals surface area contributed by atoms with Gasteiger partial charge >= 0.3 is 0 Å². The van der Waals surface area contributed by atoms with Gasteiger partial charge in [0.15, 0.2) is 0 Å². The zero-order valence-electron chi connectivity index (χ0n) is 13.4. The second-order valence-corrected chi connectivity index (χ2v) is 7.96. The van der Waals surface area contributed by atoms with Crippen molar-refractivity contribution < 1.29 is 13.2 Å². The highest BCUT2D eigenvalue weighted by molar-refractivity contribution is 7.88. The zero-order valence-corrected chi connectivity index (χ0v) is 14.3. The van der Waals surface area contributed by atoms with Crippen LogP contribution in [0.2, 0.25) is 0 Å². The molecule has 1 heterocycles. The quantitative estimate of drug-likeness (QED) is 0.797. The summed E-state index contributed by atoms with van der Waals surface area (Å²) in [5.74, 6) is 0. The number of anilines is 2. The van der Waals surface area contributed by atoms with Crippen molar-refractivity contribution in [3.63, 3.8) is 0 Å². The fourth-order valence-electron chi connectivity index (χ4n) is 2.69. The van der Waals surface area contributed by atoms with E-state index in [1.165, 1.54) is 10.6 Å². The van der Waals surface area contributed by atoms with Crippen molar-refractivity contribution in [2.24, 2.45) is 0 Å². The van der Waals surface area contributed by atoms with Crippen molar-refractivity contribution in [2.75, 3.05) is 44.1 Å². The Morgan fingerprint density at radius 3 is 2.64 bits per heavy atom. The van der Waals surface area contributed by atoms with E-state index in [2.05, 4.69) is 0 Å². The second-order valence-electron chi connectivity index (χ2n) is 5.97. The second kappa shape index (κ2) is 6.85. The number of nitrogens with two attached hydrogens (primary N) is 1. The smallest absolute Gasteiger partial charge is 0.211 e. The van der Waals surface area contributed by atoms with E-state index in [9.17, 15) is 8.42 Å². The molecular formula is C15H25N3O3S. The van der Waals surface area contributed by atoms with Crippen molar-refractivity contribution in [3.05, 3.63) is 23.8 Å². The molecule has 1 aliphatic rings. The van der Waals surface area contributed by atoms with Gasteiger partial charge in [-0.2, -0.15) is 4.31 Å². The van der Waals surface area contributed by atoms with Crippen LogP contribution in [-0.2, 0) is 21.3 Å². The predicted octanol–water partition coefficient (Wildman–Crippen LogP) is 1.28. The van der Waals surface area contributed by atoms with Crippen LogP contribution < -0.4 is 10.6 Å². The molecule has 1 fully saturated rings. The van der Waals surface area contributed by atoms with Gasteiger partial charge in [-0.1, -0.05) is 0 Å². The number of benzene rings is 1. The van der Waals surface area contributed by atoms with Gasteiger partial charge in [0.1, 0.15) is 0 Å². The Morgan fingerprint density at radius 2 is 2.09 bits per heavy atom. The molecule has 0 aromatic heterocycles. The summed E-state index contributed by atoms with van der Waals surface area (Å²) in [6.07, 6.45) is 3.12. The van der Waals surface area contributed by atoms with Gasteiger partial charge in [-0.25, -0.2) is 8.42 Å². The molecule has 7 heteroatoms. The summed E-state index contributed by atoms with van der Waals surface area (Å²) in [6.45, 7) is 1.40. The molecule has 1 aromatic rings. The number of nitrogen functional groups attached to an aromatic ring is 1. The van der Waals surface area contributed by atoms with Crippen molar-refractivity contribution >= 4 is 21.4 Å². The molecule has 1 saturated heterocycles. The molecular weight excluding hydrogens is 302 g/mol. The van der Waals surface area contributed by atoms with E-state index in [1.54, 1.807) is 0 Å². The molecule has 1 atom stereocenters. The molecule has 0 saturated carbocycles. The molecule has 0 amide bonds. The van der Waals surface area contributed by atoms with E-state index in [0.29, 0.717) is 25.4 Å². The highest BCUT2D eigenvalue weighted by Crippen LogP contribution is 2.25. The molecule has 1 aromatic carbocycles. The Bertz CT molecular complexity index is 610. The minimum Gasteiger partial charge on any atom is -0.399 e. The van der Waals surface area contributed by atoms with Crippen LogP contribution in [0.15, 0.2) is 18.2 Å². The first-order chi connectivity index (χ1) is 10.3. The largest absolute Gasteiger partial charge is 0.399 e. The van der Waals surface area contributed by atoms with E-state index in [-0.39, 0.29) is 6.10 Å². The molecule has 1 aliphatic heterocycles. The molecule has 0 bridgehead atoms. The standard InChI is InChI=1S/C15H25N3O3S/c1-17(2)15-7-6-13(16)9-12(15)10-18(22(3,19)20)11-14-5-4-8-21-14/h6-7,9,14H,4-5,8,10-11,16H2,1-3H3/t14-/m0/s1. The van der Waals surface area contributed by atoms with E-state index in [1.807, 2.05) is 37.2 Å². The molecule has 0 unspecified atom stereocenters. The Balaban J connectivity index is 2.24. The summed E-state index contributed by atoms with van der Waals surface area (Å²) in [6, 6.07) is 5.57. The number of hydrogen-bond acceptors (Lipinski definition) is 5. The first kappa shape index (κ1) is 17.1. The van der Waals surface area contributed by atoms with Crippen molar-refractivity contribution in [1.29, 1.82) is 0 Å². The van der Waals surface area contributed by atoms with Crippen molar-refractivity contribution in [3.8, 4) is 0 Å². The topological polar surface area (TPSA) is 75.9 Å². The first-order valence-corrected chi connectivity index (χ1v) is 9.24. The third-order valence-corrected chi connectivity index (χ3v) is 5.05. The minimum atomic E-state index is -3.31. The lowest BCUT2D eigenvalue weighted by atomic mass is 10.1. The summed E-state index contributed by atoms with van der Waals surface area (Å²) in [5.41, 5.74) is 8.36. The van der Waals surface area contributed by atoms with E-state index >= 15 is 0 Å².